The minimum atomic E-state index is -0.358. The highest BCUT2D eigenvalue weighted by Crippen LogP contribution is 2.15. The van der Waals surface area contributed by atoms with Crippen molar-refractivity contribution in [2.45, 2.75) is 18.9 Å². The van der Waals surface area contributed by atoms with Gasteiger partial charge in [-0.1, -0.05) is 30.3 Å². The fraction of sp³-hybridized carbons (Fsp3) is 0.333. The molecular formula is C18H21N3O2. The normalized spacial score (nSPS) is 18.0. The van der Waals surface area contributed by atoms with Gasteiger partial charge in [-0.2, -0.15) is 0 Å². The van der Waals surface area contributed by atoms with E-state index in [1.807, 2.05) is 30.3 Å². The Morgan fingerprint density at radius 3 is 2.70 bits per heavy atom. The second-order valence-corrected chi connectivity index (χ2v) is 5.97. The Hall–Kier alpha value is -2.40. The van der Waals surface area contributed by atoms with Crippen molar-refractivity contribution in [1.29, 1.82) is 0 Å². The third-order valence-corrected chi connectivity index (χ3v) is 4.41. The van der Waals surface area contributed by atoms with Crippen molar-refractivity contribution < 1.29 is 4.79 Å². The number of carbonyl (C=O) groups is 1. The van der Waals surface area contributed by atoms with Crippen LogP contribution >= 0.6 is 0 Å². The molecule has 1 aliphatic rings. The van der Waals surface area contributed by atoms with Gasteiger partial charge in [0.1, 0.15) is 5.56 Å². The quantitative estimate of drug-likeness (QED) is 0.906. The minimum Gasteiger partial charge on any atom is -0.350 e. The van der Waals surface area contributed by atoms with E-state index in [9.17, 15) is 9.59 Å². The van der Waals surface area contributed by atoms with Crippen LogP contribution in [-0.4, -0.2) is 42.0 Å². The summed E-state index contributed by atoms with van der Waals surface area (Å²) in [6, 6.07) is 13.3. The zero-order valence-corrected chi connectivity index (χ0v) is 13.2. The number of pyridine rings is 1. The minimum absolute atomic E-state index is 0.158. The number of H-pyrrole nitrogens is 1. The molecule has 3 rings (SSSR count). The first kappa shape index (κ1) is 15.5. The monoisotopic (exact) mass is 311 g/mol. The Kier molecular flexibility index (Phi) is 4.57. The standard InChI is InChI=1S/C18H21N3O2/c1-21-11-5-8-14(21)12-19-17(22)15-9-10-16(20-18(15)23)13-6-3-2-4-7-13/h2-4,6-7,9-10,14H,5,8,11-12H2,1H3,(H,19,22)(H,20,23)/t14-/m1/s1. The number of carbonyl (C=O) groups excluding carboxylic acids is 1. The van der Waals surface area contributed by atoms with Crippen LogP contribution in [-0.2, 0) is 0 Å². The van der Waals surface area contributed by atoms with Gasteiger partial charge in [0.2, 0.25) is 0 Å². The van der Waals surface area contributed by atoms with Gasteiger partial charge in [0.05, 0.1) is 0 Å². The molecule has 1 amide bonds. The number of aromatic amines is 1. The number of hydrogen-bond donors (Lipinski definition) is 2. The second kappa shape index (κ2) is 6.79. The van der Waals surface area contributed by atoms with Crippen LogP contribution < -0.4 is 10.9 Å². The summed E-state index contributed by atoms with van der Waals surface area (Å²) < 4.78 is 0. The molecule has 0 saturated carbocycles. The maximum Gasteiger partial charge on any atom is 0.261 e. The molecule has 5 heteroatoms. The summed E-state index contributed by atoms with van der Waals surface area (Å²) in [4.78, 5) is 29.4. The highest BCUT2D eigenvalue weighted by molar-refractivity contribution is 5.94. The van der Waals surface area contributed by atoms with Crippen molar-refractivity contribution in [3.63, 3.8) is 0 Å². The number of rotatable bonds is 4. The Bertz CT molecular complexity index is 739. The molecule has 2 aromatic rings. The van der Waals surface area contributed by atoms with Crippen molar-refractivity contribution in [3.05, 3.63) is 58.4 Å². The molecule has 0 radical (unpaired) electrons. The van der Waals surface area contributed by atoms with E-state index >= 15 is 0 Å². The lowest BCUT2D eigenvalue weighted by Gasteiger charge is -2.19. The van der Waals surface area contributed by atoms with Gasteiger partial charge in [-0.05, 0) is 44.1 Å². The average Bonchev–Trinajstić information content (AvgIpc) is 2.98. The lowest BCUT2D eigenvalue weighted by Crippen LogP contribution is -2.39. The van der Waals surface area contributed by atoms with Crippen LogP contribution in [0.1, 0.15) is 23.2 Å². The van der Waals surface area contributed by atoms with E-state index in [1.165, 1.54) is 0 Å². The van der Waals surface area contributed by atoms with Gasteiger partial charge in [-0.15, -0.1) is 0 Å². The largest absolute Gasteiger partial charge is 0.350 e. The van der Waals surface area contributed by atoms with Crippen LogP contribution in [0.4, 0.5) is 0 Å². The number of nitrogens with one attached hydrogen (secondary N) is 2. The Balaban J connectivity index is 1.70. The summed E-state index contributed by atoms with van der Waals surface area (Å²) in [5.74, 6) is -0.314. The average molecular weight is 311 g/mol. The number of aromatic nitrogens is 1. The van der Waals surface area contributed by atoms with E-state index in [2.05, 4.69) is 22.2 Å². The molecular weight excluding hydrogens is 290 g/mol. The summed E-state index contributed by atoms with van der Waals surface area (Å²) in [5, 5.41) is 2.87. The Morgan fingerprint density at radius 1 is 1.26 bits per heavy atom. The molecule has 1 aromatic heterocycles. The van der Waals surface area contributed by atoms with E-state index in [-0.39, 0.29) is 17.0 Å². The van der Waals surface area contributed by atoms with E-state index in [0.29, 0.717) is 18.3 Å². The molecule has 1 saturated heterocycles. The molecule has 0 bridgehead atoms. The summed E-state index contributed by atoms with van der Waals surface area (Å²) >= 11 is 0. The molecule has 1 atom stereocenters. The van der Waals surface area contributed by atoms with Crippen molar-refractivity contribution >= 4 is 5.91 Å². The van der Waals surface area contributed by atoms with Crippen molar-refractivity contribution in [3.8, 4) is 11.3 Å². The molecule has 0 spiro atoms. The van der Waals surface area contributed by atoms with Gasteiger partial charge in [-0.25, -0.2) is 0 Å². The highest BCUT2D eigenvalue weighted by Gasteiger charge is 2.21. The lowest BCUT2D eigenvalue weighted by atomic mass is 10.1. The van der Waals surface area contributed by atoms with Crippen LogP contribution in [0.15, 0.2) is 47.3 Å². The van der Waals surface area contributed by atoms with Gasteiger partial charge in [0.15, 0.2) is 0 Å². The van der Waals surface area contributed by atoms with Crippen LogP contribution in [0.2, 0.25) is 0 Å². The number of benzene rings is 1. The number of amides is 1. The van der Waals surface area contributed by atoms with Gasteiger partial charge in [-0.3, -0.25) is 9.59 Å². The Morgan fingerprint density at radius 2 is 2.04 bits per heavy atom. The first-order valence-electron chi connectivity index (χ1n) is 7.92. The molecule has 5 nitrogen and oxygen atoms in total. The summed E-state index contributed by atoms with van der Waals surface area (Å²) in [6.07, 6.45) is 2.24. The molecule has 0 unspecified atom stereocenters. The van der Waals surface area contributed by atoms with Gasteiger partial charge in [0, 0.05) is 18.3 Å². The number of nitrogens with zero attached hydrogens (tertiary/aromatic N) is 1. The fourth-order valence-electron chi connectivity index (χ4n) is 2.98. The molecule has 1 aliphatic heterocycles. The molecule has 1 aromatic carbocycles. The fourth-order valence-corrected chi connectivity index (χ4v) is 2.98. The second-order valence-electron chi connectivity index (χ2n) is 5.97. The molecule has 1 fully saturated rings. The Labute approximate surface area is 135 Å². The SMILES string of the molecule is CN1CCC[C@@H]1CNC(=O)c1ccc(-c2ccccc2)[nH]c1=O. The van der Waals surface area contributed by atoms with Crippen molar-refractivity contribution in [1.82, 2.24) is 15.2 Å². The van der Waals surface area contributed by atoms with E-state index in [1.54, 1.807) is 12.1 Å². The highest BCUT2D eigenvalue weighted by atomic mass is 16.2. The third-order valence-electron chi connectivity index (χ3n) is 4.41. The van der Waals surface area contributed by atoms with E-state index in [0.717, 1.165) is 24.9 Å². The first-order chi connectivity index (χ1) is 11.1. The molecule has 2 heterocycles. The van der Waals surface area contributed by atoms with E-state index < -0.39 is 0 Å². The van der Waals surface area contributed by atoms with Gasteiger partial charge in [0.25, 0.3) is 11.5 Å². The molecule has 120 valence electrons. The maximum atomic E-state index is 12.2. The maximum absolute atomic E-state index is 12.2. The van der Waals surface area contributed by atoms with Crippen molar-refractivity contribution in [2.75, 3.05) is 20.1 Å². The van der Waals surface area contributed by atoms with Crippen LogP contribution in [0.25, 0.3) is 11.3 Å². The molecule has 0 aliphatic carbocycles. The zero-order valence-electron chi connectivity index (χ0n) is 13.2. The number of likely N-dealkylation sites (tertiary alicyclic amines) is 1. The first-order valence-corrected chi connectivity index (χ1v) is 7.92. The number of likely N-dealkylation sites (N-methyl/N-ethyl adjacent to an activating group) is 1. The number of hydrogen-bond acceptors (Lipinski definition) is 3. The zero-order chi connectivity index (χ0) is 16.2. The van der Waals surface area contributed by atoms with Crippen LogP contribution in [0, 0.1) is 0 Å². The third kappa shape index (κ3) is 3.51. The van der Waals surface area contributed by atoms with Crippen LogP contribution in [0.3, 0.4) is 0 Å². The van der Waals surface area contributed by atoms with E-state index in [4.69, 9.17) is 0 Å². The molecule has 2 N–H and O–H groups in total. The summed E-state index contributed by atoms with van der Waals surface area (Å²) in [7, 11) is 2.06. The predicted molar refractivity (Wildman–Crippen MR) is 90.5 cm³/mol. The predicted octanol–water partition coefficient (Wildman–Crippen LogP) is 1.87. The smallest absolute Gasteiger partial charge is 0.261 e. The summed E-state index contributed by atoms with van der Waals surface area (Å²) in [6.45, 7) is 1.64. The molecule has 23 heavy (non-hydrogen) atoms. The van der Waals surface area contributed by atoms with Crippen molar-refractivity contribution in [2.24, 2.45) is 0 Å². The van der Waals surface area contributed by atoms with Crippen LogP contribution in [0.5, 0.6) is 0 Å². The topological polar surface area (TPSA) is 65.2 Å². The summed E-state index contributed by atoms with van der Waals surface area (Å²) in [5.41, 5.74) is 1.43. The van der Waals surface area contributed by atoms with Gasteiger partial charge >= 0.3 is 0 Å². The van der Waals surface area contributed by atoms with Gasteiger partial charge < -0.3 is 15.2 Å². The lowest BCUT2D eigenvalue weighted by molar-refractivity contribution is 0.0942.